The summed E-state index contributed by atoms with van der Waals surface area (Å²) in [5.41, 5.74) is 1.76. The fourth-order valence-electron chi connectivity index (χ4n) is 3.00. The van der Waals surface area contributed by atoms with Gasteiger partial charge in [0.15, 0.2) is 0 Å². The SMILES string of the molecule is CCc1cc(C(=O)N2CCCC[C@@H]2CCCOC)ccn1. The van der Waals surface area contributed by atoms with Gasteiger partial charge in [-0.05, 0) is 50.7 Å². The summed E-state index contributed by atoms with van der Waals surface area (Å²) in [6, 6.07) is 4.13. The molecule has 0 spiro atoms. The Morgan fingerprint density at radius 2 is 2.33 bits per heavy atom. The van der Waals surface area contributed by atoms with E-state index in [-0.39, 0.29) is 5.91 Å². The largest absolute Gasteiger partial charge is 0.385 e. The van der Waals surface area contributed by atoms with Crippen molar-refractivity contribution in [2.24, 2.45) is 0 Å². The molecule has 1 saturated heterocycles. The molecule has 21 heavy (non-hydrogen) atoms. The zero-order valence-corrected chi connectivity index (χ0v) is 13.2. The van der Waals surface area contributed by atoms with Gasteiger partial charge in [0.05, 0.1) is 0 Å². The summed E-state index contributed by atoms with van der Waals surface area (Å²) in [4.78, 5) is 19.1. The Bertz CT molecular complexity index is 462. The Balaban J connectivity index is 2.06. The van der Waals surface area contributed by atoms with Crippen LogP contribution in [-0.2, 0) is 11.2 Å². The molecule has 1 fully saturated rings. The van der Waals surface area contributed by atoms with Crippen LogP contribution in [0.3, 0.4) is 0 Å². The average molecular weight is 290 g/mol. The van der Waals surface area contributed by atoms with Crippen molar-refractivity contribution in [2.75, 3.05) is 20.3 Å². The standard InChI is InChI=1S/C17H26N2O2/c1-3-15-13-14(9-10-18-15)17(20)19-11-5-4-7-16(19)8-6-12-21-2/h9-10,13,16H,3-8,11-12H2,1-2H3/t16-/m1/s1. The van der Waals surface area contributed by atoms with E-state index in [1.54, 1.807) is 13.3 Å². The highest BCUT2D eigenvalue weighted by Crippen LogP contribution is 2.23. The number of aryl methyl sites for hydroxylation is 1. The third-order valence-corrected chi connectivity index (χ3v) is 4.20. The number of carbonyl (C=O) groups excluding carboxylic acids is 1. The van der Waals surface area contributed by atoms with Gasteiger partial charge in [-0.15, -0.1) is 0 Å². The topological polar surface area (TPSA) is 42.4 Å². The van der Waals surface area contributed by atoms with Gasteiger partial charge in [0, 0.05) is 43.8 Å². The maximum absolute atomic E-state index is 12.8. The molecular weight excluding hydrogens is 264 g/mol. The number of nitrogens with zero attached hydrogens (tertiary/aromatic N) is 2. The molecule has 116 valence electrons. The maximum atomic E-state index is 12.8. The lowest BCUT2D eigenvalue weighted by atomic mass is 9.97. The second kappa shape index (κ2) is 8.13. The second-order valence-corrected chi connectivity index (χ2v) is 5.67. The van der Waals surface area contributed by atoms with Crippen molar-refractivity contribution >= 4 is 5.91 Å². The van der Waals surface area contributed by atoms with E-state index in [4.69, 9.17) is 4.74 Å². The number of pyridine rings is 1. The summed E-state index contributed by atoms with van der Waals surface area (Å²) in [5, 5.41) is 0. The van der Waals surface area contributed by atoms with Crippen LogP contribution >= 0.6 is 0 Å². The summed E-state index contributed by atoms with van der Waals surface area (Å²) >= 11 is 0. The molecule has 0 radical (unpaired) electrons. The molecule has 1 atom stereocenters. The van der Waals surface area contributed by atoms with Crippen molar-refractivity contribution in [1.29, 1.82) is 0 Å². The summed E-state index contributed by atoms with van der Waals surface area (Å²) in [7, 11) is 1.73. The smallest absolute Gasteiger partial charge is 0.254 e. The number of hydrogen-bond acceptors (Lipinski definition) is 3. The number of likely N-dealkylation sites (tertiary alicyclic amines) is 1. The van der Waals surface area contributed by atoms with Crippen LogP contribution < -0.4 is 0 Å². The van der Waals surface area contributed by atoms with Gasteiger partial charge in [-0.25, -0.2) is 0 Å². The van der Waals surface area contributed by atoms with Crippen LogP contribution in [0, 0.1) is 0 Å². The minimum absolute atomic E-state index is 0.161. The Labute approximate surface area is 127 Å². The number of carbonyl (C=O) groups is 1. The quantitative estimate of drug-likeness (QED) is 0.756. The van der Waals surface area contributed by atoms with Gasteiger partial charge in [0.2, 0.25) is 0 Å². The van der Waals surface area contributed by atoms with Gasteiger partial charge in [-0.3, -0.25) is 9.78 Å². The van der Waals surface area contributed by atoms with Crippen molar-refractivity contribution in [3.8, 4) is 0 Å². The monoisotopic (exact) mass is 290 g/mol. The molecular formula is C17H26N2O2. The highest BCUT2D eigenvalue weighted by Gasteiger charge is 2.27. The highest BCUT2D eigenvalue weighted by molar-refractivity contribution is 5.94. The molecule has 0 aliphatic carbocycles. The van der Waals surface area contributed by atoms with E-state index < -0.39 is 0 Å². The average Bonchev–Trinajstić information content (AvgIpc) is 2.55. The van der Waals surface area contributed by atoms with E-state index in [0.29, 0.717) is 6.04 Å². The van der Waals surface area contributed by atoms with Crippen LogP contribution in [-0.4, -0.2) is 42.1 Å². The molecule has 1 aromatic heterocycles. The fourth-order valence-corrected chi connectivity index (χ4v) is 3.00. The van der Waals surface area contributed by atoms with E-state index in [1.165, 1.54) is 6.42 Å². The van der Waals surface area contributed by atoms with E-state index in [0.717, 1.165) is 56.5 Å². The molecule has 1 aliphatic heterocycles. The van der Waals surface area contributed by atoms with Crippen LogP contribution in [0.4, 0.5) is 0 Å². The molecule has 0 N–H and O–H groups in total. The fraction of sp³-hybridized carbons (Fsp3) is 0.647. The van der Waals surface area contributed by atoms with Crippen LogP contribution in [0.2, 0.25) is 0 Å². The zero-order chi connectivity index (χ0) is 15.1. The first-order valence-electron chi connectivity index (χ1n) is 8.01. The molecule has 2 heterocycles. The van der Waals surface area contributed by atoms with Gasteiger partial charge in [-0.1, -0.05) is 6.92 Å². The predicted molar refractivity (Wildman–Crippen MR) is 83.4 cm³/mol. The van der Waals surface area contributed by atoms with Crippen molar-refractivity contribution in [2.45, 2.75) is 51.5 Å². The minimum Gasteiger partial charge on any atom is -0.385 e. The normalized spacial score (nSPS) is 18.8. The number of hydrogen-bond donors (Lipinski definition) is 0. The second-order valence-electron chi connectivity index (χ2n) is 5.67. The summed E-state index contributed by atoms with van der Waals surface area (Å²) in [6.45, 7) is 3.71. The first-order valence-corrected chi connectivity index (χ1v) is 8.01. The molecule has 0 aromatic carbocycles. The number of methoxy groups -OCH3 is 1. The molecule has 0 saturated carbocycles. The molecule has 0 unspecified atom stereocenters. The van der Waals surface area contributed by atoms with Gasteiger partial charge in [0.1, 0.15) is 0 Å². The molecule has 2 rings (SSSR count). The molecule has 1 aliphatic rings. The van der Waals surface area contributed by atoms with Gasteiger partial charge < -0.3 is 9.64 Å². The lowest BCUT2D eigenvalue weighted by Crippen LogP contribution is -2.43. The third-order valence-electron chi connectivity index (χ3n) is 4.20. The highest BCUT2D eigenvalue weighted by atomic mass is 16.5. The zero-order valence-electron chi connectivity index (χ0n) is 13.2. The lowest BCUT2D eigenvalue weighted by molar-refractivity contribution is 0.0585. The first kappa shape index (κ1) is 16.0. The number of ether oxygens (including phenoxy) is 1. The third kappa shape index (κ3) is 4.27. The Kier molecular flexibility index (Phi) is 6.18. The van der Waals surface area contributed by atoms with Crippen molar-refractivity contribution < 1.29 is 9.53 Å². The number of aromatic nitrogens is 1. The Morgan fingerprint density at radius 3 is 3.10 bits per heavy atom. The lowest BCUT2D eigenvalue weighted by Gasteiger charge is -2.36. The predicted octanol–water partition coefficient (Wildman–Crippen LogP) is 3.07. The van der Waals surface area contributed by atoms with Gasteiger partial charge in [0.25, 0.3) is 5.91 Å². The van der Waals surface area contributed by atoms with E-state index in [1.807, 2.05) is 12.1 Å². The Hall–Kier alpha value is -1.42. The maximum Gasteiger partial charge on any atom is 0.254 e. The summed E-state index contributed by atoms with van der Waals surface area (Å²) < 4.78 is 5.13. The van der Waals surface area contributed by atoms with E-state index in [9.17, 15) is 4.79 Å². The molecule has 1 amide bonds. The van der Waals surface area contributed by atoms with Gasteiger partial charge in [-0.2, -0.15) is 0 Å². The molecule has 4 nitrogen and oxygen atoms in total. The summed E-state index contributed by atoms with van der Waals surface area (Å²) in [5.74, 6) is 0.161. The number of amides is 1. The Morgan fingerprint density at radius 1 is 1.48 bits per heavy atom. The summed E-state index contributed by atoms with van der Waals surface area (Å²) in [6.07, 6.45) is 8.10. The van der Waals surface area contributed by atoms with Crippen LogP contribution in [0.1, 0.15) is 55.1 Å². The first-order chi connectivity index (χ1) is 10.3. The van der Waals surface area contributed by atoms with E-state index >= 15 is 0 Å². The number of piperidine rings is 1. The minimum atomic E-state index is 0.161. The van der Waals surface area contributed by atoms with Crippen LogP contribution in [0.15, 0.2) is 18.3 Å². The number of rotatable bonds is 6. The van der Waals surface area contributed by atoms with Crippen molar-refractivity contribution in [1.82, 2.24) is 9.88 Å². The van der Waals surface area contributed by atoms with Crippen LogP contribution in [0.25, 0.3) is 0 Å². The van der Waals surface area contributed by atoms with Gasteiger partial charge >= 0.3 is 0 Å². The van der Waals surface area contributed by atoms with Crippen molar-refractivity contribution in [3.63, 3.8) is 0 Å². The molecule has 1 aromatic rings. The molecule has 0 bridgehead atoms. The molecule has 4 heteroatoms. The van der Waals surface area contributed by atoms with Crippen molar-refractivity contribution in [3.05, 3.63) is 29.6 Å². The van der Waals surface area contributed by atoms with Crippen LogP contribution in [0.5, 0.6) is 0 Å². The van der Waals surface area contributed by atoms with E-state index in [2.05, 4.69) is 16.8 Å².